The standard InChI is InChI=1S/C24H26FN3O5S2/c1-4-33-22(29)14-27-20-12-15(2)16(3)13-21(20)34-24(27)26-23(30)19-6-5-11-28(19)35(31,32)18-9-7-17(25)8-10-18/h7-10,12-13,19H,4-6,11,14H2,1-3H3. The van der Waals surface area contributed by atoms with E-state index in [2.05, 4.69) is 4.99 Å². The van der Waals surface area contributed by atoms with Crippen LogP contribution in [0, 0.1) is 19.7 Å². The third kappa shape index (κ3) is 5.07. The molecule has 0 bridgehead atoms. The third-order valence-electron chi connectivity index (χ3n) is 6.01. The lowest BCUT2D eigenvalue weighted by Crippen LogP contribution is -2.40. The third-order valence-corrected chi connectivity index (χ3v) is 8.97. The molecule has 0 N–H and O–H groups in total. The minimum atomic E-state index is -4.01. The molecule has 11 heteroatoms. The van der Waals surface area contributed by atoms with E-state index in [0.717, 1.165) is 37.8 Å². The van der Waals surface area contributed by atoms with Gasteiger partial charge in [-0.05, 0) is 81.1 Å². The number of halogens is 1. The minimum absolute atomic E-state index is 0.0798. The van der Waals surface area contributed by atoms with Crippen LogP contribution in [0.1, 0.15) is 30.9 Å². The summed E-state index contributed by atoms with van der Waals surface area (Å²) in [7, 11) is -4.01. The van der Waals surface area contributed by atoms with E-state index in [-0.39, 0.29) is 24.6 Å². The molecular weight excluding hydrogens is 493 g/mol. The Labute approximate surface area is 206 Å². The highest BCUT2D eigenvalue weighted by Crippen LogP contribution is 2.27. The van der Waals surface area contributed by atoms with Crippen molar-refractivity contribution in [2.75, 3.05) is 13.2 Å². The number of nitrogens with zero attached hydrogens (tertiary/aromatic N) is 3. The minimum Gasteiger partial charge on any atom is -0.465 e. The first kappa shape index (κ1) is 25.2. The van der Waals surface area contributed by atoms with Crippen LogP contribution in [-0.4, -0.2) is 48.4 Å². The summed E-state index contributed by atoms with van der Waals surface area (Å²) in [5, 5.41) is 0. The molecular formula is C24H26FN3O5S2. The van der Waals surface area contributed by atoms with Gasteiger partial charge in [0.15, 0.2) is 4.80 Å². The lowest BCUT2D eigenvalue weighted by atomic mass is 10.1. The molecule has 35 heavy (non-hydrogen) atoms. The van der Waals surface area contributed by atoms with Gasteiger partial charge < -0.3 is 9.30 Å². The second kappa shape index (κ2) is 10.00. The van der Waals surface area contributed by atoms with Crippen LogP contribution in [0.25, 0.3) is 10.2 Å². The Hall–Kier alpha value is -2.89. The van der Waals surface area contributed by atoms with Crippen molar-refractivity contribution in [1.82, 2.24) is 8.87 Å². The zero-order valence-corrected chi connectivity index (χ0v) is 21.3. The van der Waals surface area contributed by atoms with Gasteiger partial charge in [-0.1, -0.05) is 11.3 Å². The van der Waals surface area contributed by atoms with Crippen LogP contribution in [0.5, 0.6) is 0 Å². The largest absolute Gasteiger partial charge is 0.465 e. The van der Waals surface area contributed by atoms with Crippen molar-refractivity contribution in [2.45, 2.75) is 51.1 Å². The first-order valence-corrected chi connectivity index (χ1v) is 13.5. The first-order chi connectivity index (χ1) is 16.6. The van der Waals surface area contributed by atoms with Crippen molar-refractivity contribution < 1.29 is 27.1 Å². The van der Waals surface area contributed by atoms with Crippen LogP contribution in [0.15, 0.2) is 46.3 Å². The van der Waals surface area contributed by atoms with E-state index in [1.807, 2.05) is 26.0 Å². The molecule has 1 unspecified atom stereocenters. The summed E-state index contributed by atoms with van der Waals surface area (Å²) in [4.78, 5) is 30.1. The van der Waals surface area contributed by atoms with E-state index < -0.39 is 33.8 Å². The molecule has 2 aromatic carbocycles. The Morgan fingerprint density at radius 1 is 1.17 bits per heavy atom. The normalized spacial score (nSPS) is 17.3. The zero-order chi connectivity index (χ0) is 25.3. The van der Waals surface area contributed by atoms with E-state index in [9.17, 15) is 22.4 Å². The molecule has 0 saturated carbocycles. The molecule has 2 heterocycles. The number of thiazole rings is 1. The molecule has 0 aliphatic carbocycles. The molecule has 1 amide bonds. The monoisotopic (exact) mass is 519 g/mol. The van der Waals surface area contributed by atoms with Gasteiger partial charge in [0.2, 0.25) is 10.0 Å². The average molecular weight is 520 g/mol. The quantitative estimate of drug-likeness (QED) is 0.466. The van der Waals surface area contributed by atoms with Crippen molar-refractivity contribution in [1.29, 1.82) is 0 Å². The Bertz CT molecular complexity index is 1460. The Morgan fingerprint density at radius 2 is 1.86 bits per heavy atom. The second-order valence-corrected chi connectivity index (χ2v) is 11.3. The molecule has 1 aliphatic rings. The van der Waals surface area contributed by atoms with Gasteiger partial charge in [0, 0.05) is 6.54 Å². The van der Waals surface area contributed by atoms with Gasteiger partial charge in [0.1, 0.15) is 18.4 Å². The summed E-state index contributed by atoms with van der Waals surface area (Å²) >= 11 is 1.26. The number of ether oxygens (including phenoxy) is 1. The average Bonchev–Trinajstić information content (AvgIpc) is 3.41. The molecule has 0 spiro atoms. The number of aromatic nitrogens is 1. The topological polar surface area (TPSA) is 98.0 Å². The number of esters is 1. The predicted molar refractivity (Wildman–Crippen MR) is 130 cm³/mol. The summed E-state index contributed by atoms with van der Waals surface area (Å²) < 4.78 is 48.3. The van der Waals surface area contributed by atoms with E-state index in [4.69, 9.17) is 4.74 Å². The maximum absolute atomic E-state index is 13.3. The zero-order valence-electron chi connectivity index (χ0n) is 19.7. The smallest absolute Gasteiger partial charge is 0.326 e. The van der Waals surface area contributed by atoms with Gasteiger partial charge in [0.05, 0.1) is 21.7 Å². The van der Waals surface area contributed by atoms with Gasteiger partial charge in [-0.2, -0.15) is 9.30 Å². The molecule has 8 nitrogen and oxygen atoms in total. The number of benzene rings is 2. The number of hydrogen-bond acceptors (Lipinski definition) is 6. The molecule has 186 valence electrons. The van der Waals surface area contributed by atoms with Crippen LogP contribution >= 0.6 is 11.3 Å². The molecule has 1 fully saturated rings. The fraction of sp³-hybridized carbons (Fsp3) is 0.375. The fourth-order valence-electron chi connectivity index (χ4n) is 4.08. The predicted octanol–water partition coefficient (Wildman–Crippen LogP) is 3.30. The highest BCUT2D eigenvalue weighted by atomic mass is 32.2. The maximum Gasteiger partial charge on any atom is 0.326 e. The SMILES string of the molecule is CCOC(=O)Cn1c(=NC(=O)C2CCCN2S(=O)(=O)c2ccc(F)cc2)sc2cc(C)c(C)cc21. The Morgan fingerprint density at radius 3 is 2.54 bits per heavy atom. The van der Waals surface area contributed by atoms with E-state index >= 15 is 0 Å². The molecule has 0 radical (unpaired) electrons. The molecule has 1 aliphatic heterocycles. The van der Waals surface area contributed by atoms with Gasteiger partial charge in [0.25, 0.3) is 5.91 Å². The van der Waals surface area contributed by atoms with Crippen molar-refractivity contribution in [2.24, 2.45) is 4.99 Å². The lowest BCUT2D eigenvalue weighted by molar-refractivity contribution is -0.143. The van der Waals surface area contributed by atoms with E-state index in [1.165, 1.54) is 23.5 Å². The van der Waals surface area contributed by atoms with Crippen LogP contribution in [0.3, 0.4) is 0 Å². The molecule has 4 rings (SSSR count). The number of aryl methyl sites for hydroxylation is 2. The molecule has 1 atom stereocenters. The van der Waals surface area contributed by atoms with Crippen molar-refractivity contribution in [3.05, 3.63) is 58.1 Å². The Kier molecular flexibility index (Phi) is 7.20. The summed E-state index contributed by atoms with van der Waals surface area (Å²) in [6.45, 7) is 5.92. The van der Waals surface area contributed by atoms with E-state index in [0.29, 0.717) is 17.6 Å². The van der Waals surface area contributed by atoms with E-state index in [1.54, 1.807) is 11.5 Å². The summed E-state index contributed by atoms with van der Waals surface area (Å²) in [5.41, 5.74) is 2.84. The fourth-order valence-corrected chi connectivity index (χ4v) is 6.85. The number of fused-ring (bicyclic) bond motifs is 1. The van der Waals surface area contributed by atoms with Crippen molar-refractivity contribution in [3.63, 3.8) is 0 Å². The number of carbonyl (C=O) groups excluding carboxylic acids is 2. The van der Waals surface area contributed by atoms with Crippen LogP contribution < -0.4 is 4.80 Å². The van der Waals surface area contributed by atoms with Gasteiger partial charge >= 0.3 is 5.97 Å². The highest BCUT2D eigenvalue weighted by molar-refractivity contribution is 7.89. The summed E-state index contributed by atoms with van der Waals surface area (Å²) in [6, 6.07) is 7.45. The summed E-state index contributed by atoms with van der Waals surface area (Å²) in [6.07, 6.45) is 0.823. The van der Waals surface area contributed by atoms with Crippen molar-refractivity contribution in [3.8, 4) is 0 Å². The van der Waals surface area contributed by atoms with Crippen molar-refractivity contribution >= 4 is 43.5 Å². The summed E-state index contributed by atoms with van der Waals surface area (Å²) in [5.74, 6) is -1.61. The maximum atomic E-state index is 13.3. The molecule has 3 aromatic rings. The second-order valence-electron chi connectivity index (χ2n) is 8.36. The molecule has 1 saturated heterocycles. The van der Waals surface area contributed by atoms with Crippen LogP contribution in [0.4, 0.5) is 4.39 Å². The van der Waals surface area contributed by atoms with Crippen LogP contribution in [0.2, 0.25) is 0 Å². The number of hydrogen-bond donors (Lipinski definition) is 0. The number of sulfonamides is 1. The van der Waals surface area contributed by atoms with Gasteiger partial charge in [-0.3, -0.25) is 9.59 Å². The Balaban J connectivity index is 1.74. The molecule has 1 aromatic heterocycles. The lowest BCUT2D eigenvalue weighted by Gasteiger charge is -2.21. The number of rotatable bonds is 6. The van der Waals surface area contributed by atoms with Gasteiger partial charge in [-0.15, -0.1) is 0 Å². The van der Waals surface area contributed by atoms with Crippen LogP contribution in [-0.2, 0) is 30.9 Å². The first-order valence-electron chi connectivity index (χ1n) is 11.2. The van der Waals surface area contributed by atoms with Gasteiger partial charge in [-0.25, -0.2) is 12.8 Å². The highest BCUT2D eigenvalue weighted by Gasteiger charge is 2.39. The number of amides is 1. The number of carbonyl (C=O) groups is 2.